The van der Waals surface area contributed by atoms with Crippen LogP contribution in [0.15, 0.2) is 66.7 Å². The fourth-order valence-electron chi connectivity index (χ4n) is 2.86. The quantitative estimate of drug-likeness (QED) is 0.656. The van der Waals surface area contributed by atoms with Gasteiger partial charge in [0.05, 0.1) is 0 Å². The number of anilines is 3. The molecule has 2 N–H and O–H groups in total. The van der Waals surface area contributed by atoms with Crippen molar-refractivity contribution in [1.29, 1.82) is 0 Å². The van der Waals surface area contributed by atoms with E-state index in [1.165, 1.54) is 0 Å². The molecule has 0 aromatic heterocycles. The fraction of sp³-hybridized carbons (Fsp3) is 0.167. The van der Waals surface area contributed by atoms with Gasteiger partial charge >= 0.3 is 0 Å². The molecule has 5 nitrogen and oxygen atoms in total. The van der Waals surface area contributed by atoms with Crippen molar-refractivity contribution in [3.8, 4) is 0 Å². The number of nitrogens with one attached hydrogen (secondary N) is 2. The molecule has 3 aromatic rings. The van der Waals surface area contributed by atoms with Gasteiger partial charge in [0.1, 0.15) is 0 Å². The first-order valence-corrected chi connectivity index (χ1v) is 9.41. The molecule has 0 saturated heterocycles. The lowest BCUT2D eigenvalue weighted by molar-refractivity contribution is 0.101. The number of nitrogens with zero attached hydrogens (tertiary/aromatic N) is 1. The lowest BCUT2D eigenvalue weighted by atomic mass is 10.1. The Hall–Kier alpha value is -3.60. The third kappa shape index (κ3) is 5.02. The molecule has 0 radical (unpaired) electrons. The Labute approximate surface area is 171 Å². The molecule has 0 unspecified atom stereocenters. The first kappa shape index (κ1) is 20.1. The van der Waals surface area contributed by atoms with Crippen LogP contribution in [0, 0.1) is 13.8 Å². The molecule has 0 saturated carbocycles. The second kappa shape index (κ2) is 8.61. The van der Waals surface area contributed by atoms with Crippen LogP contribution >= 0.6 is 0 Å². The van der Waals surface area contributed by atoms with Crippen molar-refractivity contribution < 1.29 is 9.59 Å². The van der Waals surface area contributed by atoms with Crippen LogP contribution in [0.5, 0.6) is 0 Å². The van der Waals surface area contributed by atoms with E-state index in [0.717, 1.165) is 16.8 Å². The van der Waals surface area contributed by atoms with Crippen molar-refractivity contribution >= 4 is 28.9 Å². The molecule has 5 heteroatoms. The summed E-state index contributed by atoms with van der Waals surface area (Å²) in [5.74, 6) is -0.386. The minimum Gasteiger partial charge on any atom is -0.378 e. The summed E-state index contributed by atoms with van der Waals surface area (Å²) in [6, 6.07) is 20.3. The zero-order valence-electron chi connectivity index (χ0n) is 17.1. The third-order valence-corrected chi connectivity index (χ3v) is 4.68. The molecular formula is C24H25N3O2. The highest BCUT2D eigenvalue weighted by Crippen LogP contribution is 2.22. The molecule has 0 aliphatic carbocycles. The Morgan fingerprint density at radius 2 is 1.45 bits per heavy atom. The number of aryl methyl sites for hydroxylation is 2. The molecule has 0 fully saturated rings. The van der Waals surface area contributed by atoms with E-state index in [9.17, 15) is 9.59 Å². The first-order valence-electron chi connectivity index (χ1n) is 9.41. The van der Waals surface area contributed by atoms with Gasteiger partial charge < -0.3 is 15.5 Å². The van der Waals surface area contributed by atoms with E-state index < -0.39 is 0 Å². The fourth-order valence-corrected chi connectivity index (χ4v) is 2.86. The largest absolute Gasteiger partial charge is 0.378 e. The van der Waals surface area contributed by atoms with Gasteiger partial charge in [0.25, 0.3) is 11.8 Å². The van der Waals surface area contributed by atoms with Crippen molar-refractivity contribution in [2.75, 3.05) is 29.6 Å². The molecule has 0 aliphatic rings. The van der Waals surface area contributed by atoms with E-state index in [0.29, 0.717) is 22.5 Å². The molecule has 0 bridgehead atoms. The Morgan fingerprint density at radius 1 is 0.759 bits per heavy atom. The van der Waals surface area contributed by atoms with Crippen LogP contribution < -0.4 is 15.5 Å². The molecule has 0 spiro atoms. The molecule has 2 amide bonds. The maximum Gasteiger partial charge on any atom is 0.255 e. The number of benzene rings is 3. The summed E-state index contributed by atoms with van der Waals surface area (Å²) in [7, 11) is 3.86. The minimum absolute atomic E-state index is 0.185. The van der Waals surface area contributed by atoms with Gasteiger partial charge in [-0.25, -0.2) is 0 Å². The molecule has 3 aromatic carbocycles. The number of carbonyl (C=O) groups excluding carboxylic acids is 2. The standard InChI is InChI=1S/C24H25N3O2/c1-16-8-11-18(12-9-16)23(28)26-22-15-20(13-10-17(22)2)25-24(29)19-6-5-7-21(14-19)27(3)4/h5-15H,1-4H3,(H,25,29)(H,26,28). The van der Waals surface area contributed by atoms with Gasteiger partial charge in [-0.3, -0.25) is 9.59 Å². The van der Waals surface area contributed by atoms with Crippen LogP contribution in [-0.2, 0) is 0 Å². The number of hydrogen-bond donors (Lipinski definition) is 2. The second-order valence-corrected chi connectivity index (χ2v) is 7.25. The van der Waals surface area contributed by atoms with E-state index in [-0.39, 0.29) is 11.8 Å². The zero-order valence-corrected chi connectivity index (χ0v) is 17.1. The molecule has 0 heterocycles. The van der Waals surface area contributed by atoms with E-state index in [2.05, 4.69) is 10.6 Å². The van der Waals surface area contributed by atoms with Gasteiger partial charge in [-0.15, -0.1) is 0 Å². The number of carbonyl (C=O) groups is 2. The van der Waals surface area contributed by atoms with Crippen LogP contribution in [0.3, 0.4) is 0 Å². The Bertz CT molecular complexity index is 1040. The van der Waals surface area contributed by atoms with Crippen molar-refractivity contribution in [3.05, 3.63) is 89.0 Å². The van der Waals surface area contributed by atoms with Crippen LogP contribution in [0.1, 0.15) is 31.8 Å². The smallest absolute Gasteiger partial charge is 0.255 e. The normalized spacial score (nSPS) is 10.3. The topological polar surface area (TPSA) is 61.4 Å². The molecular weight excluding hydrogens is 362 g/mol. The Kier molecular flexibility index (Phi) is 5.98. The van der Waals surface area contributed by atoms with Crippen LogP contribution in [0.25, 0.3) is 0 Å². The van der Waals surface area contributed by atoms with Crippen LogP contribution in [0.2, 0.25) is 0 Å². The van der Waals surface area contributed by atoms with Gasteiger partial charge in [-0.2, -0.15) is 0 Å². The van der Waals surface area contributed by atoms with E-state index in [1.807, 2.05) is 75.3 Å². The van der Waals surface area contributed by atoms with Gasteiger partial charge in [-0.05, 0) is 61.9 Å². The summed E-state index contributed by atoms with van der Waals surface area (Å²) in [6.07, 6.45) is 0. The van der Waals surface area contributed by atoms with Crippen molar-refractivity contribution in [1.82, 2.24) is 0 Å². The van der Waals surface area contributed by atoms with Gasteiger partial charge in [0.15, 0.2) is 0 Å². The highest BCUT2D eigenvalue weighted by atomic mass is 16.2. The average molecular weight is 387 g/mol. The minimum atomic E-state index is -0.201. The Balaban J connectivity index is 1.76. The molecule has 0 aliphatic heterocycles. The number of rotatable bonds is 5. The molecule has 29 heavy (non-hydrogen) atoms. The highest BCUT2D eigenvalue weighted by molar-refractivity contribution is 6.07. The highest BCUT2D eigenvalue weighted by Gasteiger charge is 2.11. The number of hydrogen-bond acceptors (Lipinski definition) is 3. The van der Waals surface area contributed by atoms with E-state index >= 15 is 0 Å². The summed E-state index contributed by atoms with van der Waals surface area (Å²) < 4.78 is 0. The molecule has 148 valence electrons. The van der Waals surface area contributed by atoms with Gasteiger partial charge in [0.2, 0.25) is 0 Å². The summed E-state index contributed by atoms with van der Waals surface area (Å²) in [6.45, 7) is 3.89. The summed E-state index contributed by atoms with van der Waals surface area (Å²) >= 11 is 0. The van der Waals surface area contributed by atoms with E-state index in [4.69, 9.17) is 0 Å². The average Bonchev–Trinajstić information content (AvgIpc) is 2.71. The van der Waals surface area contributed by atoms with Crippen molar-refractivity contribution in [2.24, 2.45) is 0 Å². The van der Waals surface area contributed by atoms with Gasteiger partial charge in [-0.1, -0.05) is 29.8 Å². The summed E-state index contributed by atoms with van der Waals surface area (Å²) in [5, 5.41) is 5.83. The maximum absolute atomic E-state index is 12.6. The van der Waals surface area contributed by atoms with Crippen molar-refractivity contribution in [3.63, 3.8) is 0 Å². The zero-order chi connectivity index (χ0) is 21.0. The number of amides is 2. The summed E-state index contributed by atoms with van der Waals surface area (Å²) in [4.78, 5) is 27.1. The van der Waals surface area contributed by atoms with Crippen LogP contribution in [-0.4, -0.2) is 25.9 Å². The monoisotopic (exact) mass is 387 g/mol. The maximum atomic E-state index is 12.6. The summed E-state index contributed by atoms with van der Waals surface area (Å²) in [5.41, 5.74) is 5.41. The predicted octanol–water partition coefficient (Wildman–Crippen LogP) is 4.87. The van der Waals surface area contributed by atoms with Crippen molar-refractivity contribution in [2.45, 2.75) is 13.8 Å². The Morgan fingerprint density at radius 3 is 2.14 bits per heavy atom. The predicted molar refractivity (Wildman–Crippen MR) is 119 cm³/mol. The lowest BCUT2D eigenvalue weighted by Crippen LogP contribution is -2.15. The molecule has 3 rings (SSSR count). The SMILES string of the molecule is Cc1ccc(C(=O)Nc2cc(NC(=O)c3cccc(N(C)C)c3)ccc2C)cc1. The van der Waals surface area contributed by atoms with Gasteiger partial charge in [0, 0.05) is 42.3 Å². The lowest BCUT2D eigenvalue weighted by Gasteiger charge is -2.14. The molecule has 0 atom stereocenters. The van der Waals surface area contributed by atoms with E-state index in [1.54, 1.807) is 24.3 Å². The third-order valence-electron chi connectivity index (χ3n) is 4.68. The second-order valence-electron chi connectivity index (χ2n) is 7.25. The van der Waals surface area contributed by atoms with Crippen LogP contribution in [0.4, 0.5) is 17.1 Å². The first-order chi connectivity index (χ1) is 13.8.